The van der Waals surface area contributed by atoms with Crippen molar-refractivity contribution in [3.05, 3.63) is 77.7 Å². The second-order valence-electron chi connectivity index (χ2n) is 5.52. The Morgan fingerprint density at radius 2 is 2.15 bits per heavy atom. The Kier molecular flexibility index (Phi) is 6.11. The second-order valence-corrected chi connectivity index (χ2v) is 6.63. The maximum Gasteiger partial charge on any atom is 0.251 e. The number of rotatable bonds is 8. The number of hydrogen-bond donors (Lipinski definition) is 3. The molecule has 2 heterocycles. The van der Waals surface area contributed by atoms with Crippen molar-refractivity contribution in [2.45, 2.75) is 6.54 Å². The van der Waals surface area contributed by atoms with Gasteiger partial charge in [-0.05, 0) is 30.3 Å². The molecular weight excluding hydrogens is 365 g/mol. The van der Waals surface area contributed by atoms with Crippen LogP contribution in [0.3, 0.4) is 0 Å². The molecule has 0 aliphatic rings. The Balaban J connectivity index is 1.63. The highest BCUT2D eigenvalue weighted by atomic mass is 32.1. The van der Waals surface area contributed by atoms with Crippen LogP contribution in [0.1, 0.15) is 15.2 Å². The molecule has 27 heavy (non-hydrogen) atoms. The summed E-state index contributed by atoms with van der Waals surface area (Å²) in [6.07, 6.45) is 4.99. The van der Waals surface area contributed by atoms with Crippen LogP contribution in [-0.4, -0.2) is 22.4 Å². The Hall–Kier alpha value is -3.26. The first-order valence-electron chi connectivity index (χ1n) is 8.21. The fourth-order valence-electron chi connectivity index (χ4n) is 2.24. The molecule has 8 heteroatoms. The zero-order chi connectivity index (χ0) is 19.1. The normalized spacial score (nSPS) is 10.3. The van der Waals surface area contributed by atoms with Crippen LogP contribution in [0.4, 0.5) is 21.0 Å². The molecule has 0 unspecified atom stereocenters. The third kappa shape index (κ3) is 5.11. The molecule has 0 aliphatic carbocycles. The molecule has 6 nitrogen and oxygen atoms in total. The van der Waals surface area contributed by atoms with Gasteiger partial charge in [0.25, 0.3) is 5.91 Å². The van der Waals surface area contributed by atoms with E-state index >= 15 is 0 Å². The maximum absolute atomic E-state index is 14.0. The first-order chi connectivity index (χ1) is 13.2. The molecule has 0 spiro atoms. The number of carbonyl (C=O) groups is 1. The predicted octanol–water partition coefficient (Wildman–Crippen LogP) is 3.95. The third-order valence-electron chi connectivity index (χ3n) is 3.54. The van der Waals surface area contributed by atoms with Crippen molar-refractivity contribution in [3.8, 4) is 0 Å². The molecule has 0 saturated heterocycles. The van der Waals surface area contributed by atoms with Gasteiger partial charge >= 0.3 is 0 Å². The number of nitrogens with zero attached hydrogens (tertiary/aromatic N) is 2. The Labute approximate surface area is 160 Å². The van der Waals surface area contributed by atoms with Gasteiger partial charge in [0.15, 0.2) is 5.13 Å². The summed E-state index contributed by atoms with van der Waals surface area (Å²) >= 11 is 1.44. The molecular formula is C19H18FN5OS. The minimum atomic E-state index is -0.424. The van der Waals surface area contributed by atoms with Gasteiger partial charge in [-0.25, -0.2) is 14.4 Å². The molecule has 0 aliphatic heterocycles. The first kappa shape index (κ1) is 18.5. The lowest BCUT2D eigenvalue weighted by Gasteiger charge is -2.09. The number of pyridine rings is 1. The highest BCUT2D eigenvalue weighted by Crippen LogP contribution is 2.23. The van der Waals surface area contributed by atoms with Gasteiger partial charge in [0.2, 0.25) is 0 Å². The molecule has 138 valence electrons. The van der Waals surface area contributed by atoms with Gasteiger partial charge in [0.1, 0.15) is 11.6 Å². The molecule has 3 rings (SSSR count). The number of benzene rings is 1. The number of anilines is 3. The smallest absolute Gasteiger partial charge is 0.251 e. The summed E-state index contributed by atoms with van der Waals surface area (Å²) in [5, 5.41) is 9.48. The predicted molar refractivity (Wildman–Crippen MR) is 106 cm³/mol. The van der Waals surface area contributed by atoms with E-state index in [-0.39, 0.29) is 11.6 Å². The molecule has 1 aromatic carbocycles. The van der Waals surface area contributed by atoms with E-state index < -0.39 is 5.82 Å². The topological polar surface area (TPSA) is 78.9 Å². The number of amides is 1. The van der Waals surface area contributed by atoms with Crippen LogP contribution < -0.4 is 16.0 Å². The quantitative estimate of drug-likeness (QED) is 0.514. The van der Waals surface area contributed by atoms with Crippen molar-refractivity contribution in [3.63, 3.8) is 0 Å². The fraction of sp³-hybridized carbons (Fsp3) is 0.105. The van der Waals surface area contributed by atoms with E-state index in [0.29, 0.717) is 29.6 Å². The number of aromatic nitrogens is 2. The molecule has 3 aromatic rings. The van der Waals surface area contributed by atoms with Crippen molar-refractivity contribution >= 4 is 33.9 Å². The van der Waals surface area contributed by atoms with Gasteiger partial charge in [-0.15, -0.1) is 6.58 Å². The van der Waals surface area contributed by atoms with Crippen LogP contribution in [0.5, 0.6) is 0 Å². The Bertz CT molecular complexity index is 929. The van der Waals surface area contributed by atoms with Crippen LogP contribution >= 0.6 is 11.3 Å². The summed E-state index contributed by atoms with van der Waals surface area (Å²) in [6.45, 7) is 4.29. The number of thiazole rings is 1. The molecule has 0 atom stereocenters. The molecule has 3 N–H and O–H groups in total. The van der Waals surface area contributed by atoms with Gasteiger partial charge in [0.05, 0.1) is 12.2 Å². The standard InChI is InChI=1S/C19H18FN5OS/c1-2-8-22-18(26)13-6-7-15(20)16(10-13)23-11-14-12-24-19(27-14)25-17-5-3-4-9-21-17/h2-7,9-10,12,23H,1,8,11H2,(H,22,26)(H,21,24,25). The minimum absolute atomic E-state index is 0.258. The third-order valence-corrected chi connectivity index (χ3v) is 4.45. The summed E-state index contributed by atoms with van der Waals surface area (Å²) in [4.78, 5) is 21.4. The summed E-state index contributed by atoms with van der Waals surface area (Å²) < 4.78 is 14.0. The minimum Gasteiger partial charge on any atom is -0.378 e. The summed E-state index contributed by atoms with van der Waals surface area (Å²) in [5.74, 6) is -0.000140. The summed E-state index contributed by atoms with van der Waals surface area (Å²) in [7, 11) is 0. The molecule has 0 fully saturated rings. The van der Waals surface area contributed by atoms with Crippen LogP contribution in [0.2, 0.25) is 0 Å². The number of carbonyl (C=O) groups excluding carboxylic acids is 1. The van der Waals surface area contributed by atoms with Crippen LogP contribution in [0, 0.1) is 5.82 Å². The van der Waals surface area contributed by atoms with E-state index in [9.17, 15) is 9.18 Å². The SMILES string of the molecule is C=CCNC(=O)c1ccc(F)c(NCc2cnc(Nc3ccccn3)s2)c1. The second kappa shape index (κ2) is 8.91. The van der Waals surface area contributed by atoms with Crippen LogP contribution in [0.25, 0.3) is 0 Å². The Morgan fingerprint density at radius 3 is 2.93 bits per heavy atom. The number of hydrogen-bond acceptors (Lipinski definition) is 6. The number of nitrogens with one attached hydrogen (secondary N) is 3. The highest BCUT2D eigenvalue weighted by molar-refractivity contribution is 7.15. The lowest BCUT2D eigenvalue weighted by atomic mass is 10.1. The average molecular weight is 383 g/mol. The molecule has 0 bridgehead atoms. The van der Waals surface area contributed by atoms with E-state index in [0.717, 1.165) is 4.88 Å². The van der Waals surface area contributed by atoms with Crippen molar-refractivity contribution in [1.29, 1.82) is 0 Å². The lowest BCUT2D eigenvalue weighted by molar-refractivity contribution is 0.0958. The molecule has 2 aromatic heterocycles. The van der Waals surface area contributed by atoms with Gasteiger partial charge in [-0.1, -0.05) is 23.5 Å². The fourth-order valence-corrected chi connectivity index (χ4v) is 3.00. The van der Waals surface area contributed by atoms with Crippen molar-refractivity contribution in [2.24, 2.45) is 0 Å². The lowest BCUT2D eigenvalue weighted by Crippen LogP contribution is -2.23. The summed E-state index contributed by atoms with van der Waals surface area (Å²) in [5.41, 5.74) is 0.636. The van der Waals surface area contributed by atoms with Crippen molar-refractivity contribution in [1.82, 2.24) is 15.3 Å². The van der Waals surface area contributed by atoms with E-state index in [1.165, 1.54) is 29.5 Å². The molecule has 0 saturated carbocycles. The van der Waals surface area contributed by atoms with E-state index in [2.05, 4.69) is 32.5 Å². The average Bonchev–Trinajstić information content (AvgIpc) is 3.13. The van der Waals surface area contributed by atoms with Crippen molar-refractivity contribution < 1.29 is 9.18 Å². The van der Waals surface area contributed by atoms with Gasteiger partial charge in [0, 0.05) is 29.4 Å². The van der Waals surface area contributed by atoms with Gasteiger partial charge in [-0.3, -0.25) is 4.79 Å². The first-order valence-corrected chi connectivity index (χ1v) is 9.02. The monoisotopic (exact) mass is 383 g/mol. The molecule has 1 amide bonds. The van der Waals surface area contributed by atoms with E-state index in [1.807, 2.05) is 18.2 Å². The number of halogens is 1. The van der Waals surface area contributed by atoms with E-state index in [4.69, 9.17) is 0 Å². The zero-order valence-corrected chi connectivity index (χ0v) is 15.2. The van der Waals surface area contributed by atoms with Crippen molar-refractivity contribution in [2.75, 3.05) is 17.2 Å². The summed E-state index contributed by atoms with van der Waals surface area (Å²) in [6, 6.07) is 9.76. The van der Waals surface area contributed by atoms with Crippen LogP contribution in [0.15, 0.2) is 61.4 Å². The maximum atomic E-state index is 14.0. The highest BCUT2D eigenvalue weighted by Gasteiger charge is 2.10. The Morgan fingerprint density at radius 1 is 1.26 bits per heavy atom. The zero-order valence-electron chi connectivity index (χ0n) is 14.4. The van der Waals surface area contributed by atoms with Gasteiger partial charge in [-0.2, -0.15) is 0 Å². The van der Waals surface area contributed by atoms with Crippen LogP contribution in [-0.2, 0) is 6.54 Å². The van der Waals surface area contributed by atoms with E-state index in [1.54, 1.807) is 18.5 Å². The van der Waals surface area contributed by atoms with Gasteiger partial charge < -0.3 is 16.0 Å². The molecule has 0 radical (unpaired) electrons. The largest absolute Gasteiger partial charge is 0.378 e.